The van der Waals surface area contributed by atoms with Crippen LogP contribution < -0.4 is 10.6 Å². The Morgan fingerprint density at radius 2 is 1.76 bits per heavy atom. The first-order valence-corrected chi connectivity index (χ1v) is 8.28. The molecule has 3 rings (SSSR count). The summed E-state index contributed by atoms with van der Waals surface area (Å²) in [5, 5.41) is 6.36. The standard InChI is InChI=1S/C17H20N2OS/c1-2-15-9-10-16(21-15)11-18-13-5-7-14(8-6-13)19-17(20)12-3-4-12/h5-10,12,18H,2-4,11H2,1H3,(H,19,20). The molecule has 3 nitrogen and oxygen atoms in total. The Hall–Kier alpha value is -1.81. The van der Waals surface area contributed by atoms with Gasteiger partial charge in [-0.15, -0.1) is 11.3 Å². The van der Waals surface area contributed by atoms with Gasteiger partial charge in [0.1, 0.15) is 0 Å². The van der Waals surface area contributed by atoms with Gasteiger partial charge in [-0.3, -0.25) is 4.79 Å². The van der Waals surface area contributed by atoms with Gasteiger partial charge in [0.15, 0.2) is 0 Å². The third-order valence-electron chi connectivity index (χ3n) is 3.63. The molecule has 1 amide bonds. The van der Waals surface area contributed by atoms with Crippen LogP contribution in [0.2, 0.25) is 0 Å². The molecule has 1 fully saturated rings. The Morgan fingerprint density at radius 3 is 2.38 bits per heavy atom. The van der Waals surface area contributed by atoms with E-state index in [9.17, 15) is 4.79 Å². The van der Waals surface area contributed by atoms with Crippen molar-refractivity contribution in [1.82, 2.24) is 0 Å². The second-order valence-electron chi connectivity index (χ2n) is 5.42. The molecule has 4 heteroatoms. The van der Waals surface area contributed by atoms with E-state index >= 15 is 0 Å². The summed E-state index contributed by atoms with van der Waals surface area (Å²) in [5.74, 6) is 0.399. The van der Waals surface area contributed by atoms with Gasteiger partial charge < -0.3 is 10.6 Å². The molecule has 0 bridgehead atoms. The molecule has 0 unspecified atom stereocenters. The van der Waals surface area contributed by atoms with Crippen molar-refractivity contribution in [1.29, 1.82) is 0 Å². The molecule has 2 N–H and O–H groups in total. The summed E-state index contributed by atoms with van der Waals surface area (Å²) in [6.45, 7) is 3.02. The zero-order valence-corrected chi connectivity index (χ0v) is 13.0. The van der Waals surface area contributed by atoms with Gasteiger partial charge >= 0.3 is 0 Å². The van der Waals surface area contributed by atoms with Gasteiger partial charge in [0.25, 0.3) is 0 Å². The number of benzene rings is 1. The minimum atomic E-state index is 0.154. The van der Waals surface area contributed by atoms with Crippen LogP contribution in [0.1, 0.15) is 29.5 Å². The number of nitrogens with one attached hydrogen (secondary N) is 2. The van der Waals surface area contributed by atoms with Crippen LogP contribution in [0.15, 0.2) is 36.4 Å². The van der Waals surface area contributed by atoms with E-state index in [2.05, 4.69) is 29.7 Å². The molecular weight excluding hydrogens is 280 g/mol. The molecule has 110 valence electrons. The SMILES string of the molecule is CCc1ccc(CNc2ccc(NC(=O)C3CC3)cc2)s1. The minimum Gasteiger partial charge on any atom is -0.380 e. The van der Waals surface area contributed by atoms with Gasteiger partial charge in [-0.1, -0.05) is 6.92 Å². The van der Waals surface area contributed by atoms with Crippen molar-refractivity contribution in [3.8, 4) is 0 Å². The van der Waals surface area contributed by atoms with Crippen molar-refractivity contribution in [2.45, 2.75) is 32.7 Å². The van der Waals surface area contributed by atoms with Crippen molar-refractivity contribution < 1.29 is 4.79 Å². The largest absolute Gasteiger partial charge is 0.380 e. The van der Waals surface area contributed by atoms with Gasteiger partial charge in [-0.05, 0) is 55.7 Å². The van der Waals surface area contributed by atoms with Crippen LogP contribution in [0, 0.1) is 5.92 Å². The summed E-state index contributed by atoms with van der Waals surface area (Å²) in [5.41, 5.74) is 1.95. The Bertz CT molecular complexity index is 614. The summed E-state index contributed by atoms with van der Waals surface area (Å²) < 4.78 is 0. The summed E-state index contributed by atoms with van der Waals surface area (Å²) in [6, 6.07) is 12.3. The molecule has 1 aromatic carbocycles. The average molecular weight is 300 g/mol. The fourth-order valence-electron chi connectivity index (χ4n) is 2.16. The second-order valence-corrected chi connectivity index (χ2v) is 6.67. The predicted octanol–water partition coefficient (Wildman–Crippen LogP) is 4.27. The maximum atomic E-state index is 11.7. The zero-order chi connectivity index (χ0) is 14.7. The topological polar surface area (TPSA) is 41.1 Å². The molecular formula is C17H20N2OS. The van der Waals surface area contributed by atoms with Crippen molar-refractivity contribution >= 4 is 28.6 Å². The zero-order valence-electron chi connectivity index (χ0n) is 12.2. The highest BCUT2D eigenvalue weighted by Crippen LogP contribution is 2.30. The molecule has 1 aromatic heterocycles. The number of anilines is 2. The number of amides is 1. The van der Waals surface area contributed by atoms with E-state index in [-0.39, 0.29) is 11.8 Å². The van der Waals surface area contributed by atoms with Gasteiger partial charge in [0, 0.05) is 33.6 Å². The molecule has 1 saturated carbocycles. The van der Waals surface area contributed by atoms with E-state index in [1.54, 1.807) is 0 Å². The molecule has 0 aliphatic heterocycles. The molecule has 2 aromatic rings. The van der Waals surface area contributed by atoms with E-state index in [0.29, 0.717) is 0 Å². The Labute approximate surface area is 129 Å². The van der Waals surface area contributed by atoms with Crippen LogP contribution in [-0.2, 0) is 17.8 Å². The number of carbonyl (C=O) groups is 1. The molecule has 0 spiro atoms. The normalized spacial score (nSPS) is 14.0. The van der Waals surface area contributed by atoms with E-state index in [1.807, 2.05) is 35.6 Å². The fraction of sp³-hybridized carbons (Fsp3) is 0.353. The first kappa shape index (κ1) is 14.1. The first-order chi connectivity index (χ1) is 10.2. The lowest BCUT2D eigenvalue weighted by Crippen LogP contribution is -2.13. The van der Waals surface area contributed by atoms with Gasteiger partial charge in [0.2, 0.25) is 5.91 Å². The summed E-state index contributed by atoms with van der Waals surface area (Å²) >= 11 is 1.85. The third-order valence-corrected chi connectivity index (χ3v) is 4.86. The molecule has 1 aliphatic rings. The van der Waals surface area contributed by atoms with Crippen molar-refractivity contribution in [2.75, 3.05) is 10.6 Å². The number of thiophene rings is 1. The number of rotatable bonds is 6. The van der Waals surface area contributed by atoms with Gasteiger partial charge in [0.05, 0.1) is 0 Å². The highest BCUT2D eigenvalue weighted by atomic mass is 32.1. The molecule has 0 atom stereocenters. The Balaban J connectivity index is 1.52. The number of hydrogen-bond donors (Lipinski definition) is 2. The van der Waals surface area contributed by atoms with Crippen molar-refractivity contribution in [2.24, 2.45) is 5.92 Å². The molecule has 21 heavy (non-hydrogen) atoms. The maximum Gasteiger partial charge on any atom is 0.227 e. The highest BCUT2D eigenvalue weighted by Gasteiger charge is 2.29. The average Bonchev–Trinajstić information content (AvgIpc) is 3.26. The lowest BCUT2D eigenvalue weighted by Gasteiger charge is -2.07. The van der Waals surface area contributed by atoms with Crippen molar-refractivity contribution in [3.05, 3.63) is 46.2 Å². The minimum absolute atomic E-state index is 0.154. The lowest BCUT2D eigenvalue weighted by molar-refractivity contribution is -0.117. The maximum absolute atomic E-state index is 11.7. The first-order valence-electron chi connectivity index (χ1n) is 7.47. The van der Waals surface area contributed by atoms with Gasteiger partial charge in [-0.25, -0.2) is 0 Å². The molecule has 1 heterocycles. The summed E-state index contributed by atoms with van der Waals surface area (Å²) in [7, 11) is 0. The summed E-state index contributed by atoms with van der Waals surface area (Å²) in [4.78, 5) is 14.4. The number of hydrogen-bond acceptors (Lipinski definition) is 3. The molecule has 0 saturated heterocycles. The number of carbonyl (C=O) groups excluding carboxylic acids is 1. The summed E-state index contributed by atoms with van der Waals surface area (Å²) in [6.07, 6.45) is 3.16. The van der Waals surface area contributed by atoms with Crippen LogP contribution in [0.3, 0.4) is 0 Å². The van der Waals surface area contributed by atoms with Crippen LogP contribution in [-0.4, -0.2) is 5.91 Å². The quantitative estimate of drug-likeness (QED) is 0.836. The molecule has 1 aliphatic carbocycles. The van der Waals surface area contributed by atoms with Crippen LogP contribution >= 0.6 is 11.3 Å². The van der Waals surface area contributed by atoms with E-state index in [1.165, 1.54) is 9.75 Å². The predicted molar refractivity (Wildman–Crippen MR) is 88.8 cm³/mol. The van der Waals surface area contributed by atoms with E-state index in [0.717, 1.165) is 37.2 Å². The highest BCUT2D eigenvalue weighted by molar-refractivity contribution is 7.12. The van der Waals surface area contributed by atoms with Crippen LogP contribution in [0.4, 0.5) is 11.4 Å². The van der Waals surface area contributed by atoms with Crippen LogP contribution in [0.5, 0.6) is 0 Å². The molecule has 0 radical (unpaired) electrons. The Kier molecular flexibility index (Phi) is 4.25. The van der Waals surface area contributed by atoms with Crippen LogP contribution in [0.25, 0.3) is 0 Å². The number of aryl methyl sites for hydroxylation is 1. The second kappa shape index (κ2) is 6.31. The van der Waals surface area contributed by atoms with E-state index in [4.69, 9.17) is 0 Å². The lowest BCUT2D eigenvalue weighted by atomic mass is 10.2. The Morgan fingerprint density at radius 1 is 1.10 bits per heavy atom. The fourth-order valence-corrected chi connectivity index (χ4v) is 3.06. The van der Waals surface area contributed by atoms with Gasteiger partial charge in [-0.2, -0.15) is 0 Å². The smallest absolute Gasteiger partial charge is 0.227 e. The monoisotopic (exact) mass is 300 g/mol. The third kappa shape index (κ3) is 3.85. The van der Waals surface area contributed by atoms with E-state index < -0.39 is 0 Å². The van der Waals surface area contributed by atoms with Crippen molar-refractivity contribution in [3.63, 3.8) is 0 Å².